The van der Waals surface area contributed by atoms with Gasteiger partial charge in [-0.25, -0.2) is 4.39 Å². The molecule has 0 saturated heterocycles. The maximum atomic E-state index is 12.1. The monoisotopic (exact) mass is 210 g/mol. The van der Waals surface area contributed by atoms with E-state index in [9.17, 15) is 30.7 Å². The molecule has 0 aromatic rings. The number of hydrogen-bond acceptors (Lipinski definition) is 1. The Balaban J connectivity index is 3.39. The van der Waals surface area contributed by atoms with Crippen molar-refractivity contribution in [2.45, 2.75) is 17.8 Å². The van der Waals surface area contributed by atoms with E-state index >= 15 is 0 Å². The van der Waals surface area contributed by atoms with Crippen molar-refractivity contribution in [1.82, 2.24) is 0 Å². The van der Waals surface area contributed by atoms with Gasteiger partial charge < -0.3 is 5.11 Å². The molecule has 0 aromatic heterocycles. The SMILES string of the molecule is OC1=C(F)C(F)(F)C(F)(F)C1(F)F. The highest BCUT2D eigenvalue weighted by Gasteiger charge is 2.82. The maximum absolute atomic E-state index is 12.1. The van der Waals surface area contributed by atoms with Gasteiger partial charge in [-0.05, 0) is 0 Å². The van der Waals surface area contributed by atoms with E-state index in [1.54, 1.807) is 0 Å². The molecule has 0 saturated carbocycles. The molecule has 1 rings (SSSR count). The average molecular weight is 210 g/mol. The highest BCUT2D eigenvalue weighted by molar-refractivity contribution is 5.32. The number of alkyl halides is 6. The van der Waals surface area contributed by atoms with Gasteiger partial charge in [-0.3, -0.25) is 0 Å². The molecule has 0 unspecified atom stereocenters. The molecule has 0 fully saturated rings. The Morgan fingerprint density at radius 2 is 1.23 bits per heavy atom. The van der Waals surface area contributed by atoms with Crippen molar-refractivity contribution in [2.75, 3.05) is 0 Å². The van der Waals surface area contributed by atoms with Crippen molar-refractivity contribution in [3.63, 3.8) is 0 Å². The Kier molecular flexibility index (Phi) is 1.64. The zero-order chi connectivity index (χ0) is 10.7. The van der Waals surface area contributed by atoms with Gasteiger partial charge in [-0.15, -0.1) is 0 Å². The van der Waals surface area contributed by atoms with E-state index in [1.165, 1.54) is 0 Å². The standard InChI is InChI=1S/C5HF7O/c6-1-2(13)4(9,10)5(11,12)3(1,7)8/h13H. The minimum Gasteiger partial charge on any atom is -0.504 e. The molecule has 0 atom stereocenters. The highest BCUT2D eigenvalue weighted by Crippen LogP contribution is 2.58. The van der Waals surface area contributed by atoms with Crippen LogP contribution in [-0.2, 0) is 0 Å². The van der Waals surface area contributed by atoms with Crippen LogP contribution in [0.1, 0.15) is 0 Å². The molecule has 0 aliphatic heterocycles. The topological polar surface area (TPSA) is 20.2 Å². The van der Waals surface area contributed by atoms with Crippen LogP contribution in [0.4, 0.5) is 30.7 Å². The Bertz CT molecular complexity index is 253. The second-order valence-corrected chi connectivity index (χ2v) is 2.39. The summed E-state index contributed by atoms with van der Waals surface area (Å²) in [6.45, 7) is 0. The van der Waals surface area contributed by atoms with Crippen LogP contribution in [0.3, 0.4) is 0 Å². The summed E-state index contributed by atoms with van der Waals surface area (Å²) >= 11 is 0. The second-order valence-electron chi connectivity index (χ2n) is 2.39. The number of hydrogen-bond donors (Lipinski definition) is 1. The Hall–Kier alpha value is -0.950. The van der Waals surface area contributed by atoms with Gasteiger partial charge in [-0.1, -0.05) is 0 Å². The summed E-state index contributed by atoms with van der Waals surface area (Å²) in [6, 6.07) is 0. The lowest BCUT2D eigenvalue weighted by atomic mass is 10.2. The predicted molar refractivity (Wildman–Crippen MR) is 25.6 cm³/mol. The molecule has 76 valence electrons. The van der Waals surface area contributed by atoms with E-state index in [1.807, 2.05) is 0 Å². The summed E-state index contributed by atoms with van der Waals surface area (Å²) in [6.07, 6.45) is 0. The van der Waals surface area contributed by atoms with Gasteiger partial charge in [0.2, 0.25) is 11.6 Å². The first kappa shape index (κ1) is 10.1. The molecular formula is C5HF7O. The fourth-order valence-electron chi connectivity index (χ4n) is 0.770. The fraction of sp³-hybridized carbons (Fsp3) is 0.600. The molecular weight excluding hydrogens is 209 g/mol. The third kappa shape index (κ3) is 0.829. The minimum atomic E-state index is -5.94. The van der Waals surface area contributed by atoms with Gasteiger partial charge in [-0.2, -0.15) is 26.3 Å². The van der Waals surface area contributed by atoms with E-state index in [0.717, 1.165) is 0 Å². The number of allylic oxidation sites excluding steroid dienone is 2. The fourth-order valence-corrected chi connectivity index (χ4v) is 0.770. The van der Waals surface area contributed by atoms with Crippen LogP contribution in [0.5, 0.6) is 0 Å². The lowest BCUT2D eigenvalue weighted by molar-refractivity contribution is -0.272. The van der Waals surface area contributed by atoms with E-state index in [0.29, 0.717) is 0 Å². The van der Waals surface area contributed by atoms with Crippen molar-refractivity contribution >= 4 is 0 Å². The van der Waals surface area contributed by atoms with Gasteiger partial charge in [0.05, 0.1) is 0 Å². The Morgan fingerprint density at radius 3 is 1.31 bits per heavy atom. The van der Waals surface area contributed by atoms with Gasteiger partial charge in [0.15, 0.2) is 0 Å². The summed E-state index contributed by atoms with van der Waals surface area (Å²) < 4.78 is 84.4. The molecule has 1 N–H and O–H groups in total. The van der Waals surface area contributed by atoms with Gasteiger partial charge in [0.25, 0.3) is 0 Å². The van der Waals surface area contributed by atoms with Crippen LogP contribution < -0.4 is 0 Å². The molecule has 0 radical (unpaired) electrons. The summed E-state index contributed by atoms with van der Waals surface area (Å²) in [5.74, 6) is -23.3. The molecule has 0 amide bonds. The van der Waals surface area contributed by atoms with Crippen LogP contribution in [-0.4, -0.2) is 22.9 Å². The van der Waals surface area contributed by atoms with Crippen molar-refractivity contribution in [1.29, 1.82) is 0 Å². The normalized spacial score (nSPS) is 29.5. The quantitative estimate of drug-likeness (QED) is 0.609. The van der Waals surface area contributed by atoms with Crippen molar-refractivity contribution in [3.05, 3.63) is 11.6 Å². The molecule has 13 heavy (non-hydrogen) atoms. The van der Waals surface area contributed by atoms with Crippen LogP contribution in [0.15, 0.2) is 11.6 Å². The van der Waals surface area contributed by atoms with Crippen LogP contribution in [0, 0.1) is 0 Å². The first-order chi connectivity index (χ1) is 5.57. The van der Waals surface area contributed by atoms with E-state index < -0.39 is 29.4 Å². The summed E-state index contributed by atoms with van der Waals surface area (Å²) in [4.78, 5) is 0. The van der Waals surface area contributed by atoms with E-state index in [4.69, 9.17) is 5.11 Å². The summed E-state index contributed by atoms with van der Waals surface area (Å²) in [5, 5.41) is 7.99. The molecule has 1 nitrogen and oxygen atoms in total. The third-order valence-electron chi connectivity index (χ3n) is 1.57. The predicted octanol–water partition coefficient (Wildman–Crippen LogP) is 2.65. The first-order valence-corrected chi connectivity index (χ1v) is 2.80. The Morgan fingerprint density at radius 1 is 0.846 bits per heavy atom. The molecule has 1 aliphatic rings. The molecule has 0 spiro atoms. The summed E-state index contributed by atoms with van der Waals surface area (Å²) in [5.41, 5.74) is 0. The molecule has 0 heterocycles. The smallest absolute Gasteiger partial charge is 0.386 e. The zero-order valence-corrected chi connectivity index (χ0v) is 5.59. The maximum Gasteiger partial charge on any atom is 0.386 e. The third-order valence-corrected chi connectivity index (χ3v) is 1.57. The van der Waals surface area contributed by atoms with Crippen molar-refractivity contribution in [2.24, 2.45) is 0 Å². The van der Waals surface area contributed by atoms with Crippen molar-refractivity contribution in [3.8, 4) is 0 Å². The average Bonchev–Trinajstić information content (AvgIpc) is 2.05. The minimum absolute atomic E-state index is 2.91. The summed E-state index contributed by atoms with van der Waals surface area (Å²) in [7, 11) is 0. The first-order valence-electron chi connectivity index (χ1n) is 2.80. The number of aliphatic hydroxyl groups is 1. The van der Waals surface area contributed by atoms with E-state index in [-0.39, 0.29) is 0 Å². The number of halogens is 7. The van der Waals surface area contributed by atoms with Crippen LogP contribution in [0.25, 0.3) is 0 Å². The number of rotatable bonds is 0. The van der Waals surface area contributed by atoms with Gasteiger partial charge >= 0.3 is 17.8 Å². The molecule has 1 aliphatic carbocycles. The van der Waals surface area contributed by atoms with Gasteiger partial charge in [0.1, 0.15) is 0 Å². The van der Waals surface area contributed by atoms with Crippen LogP contribution >= 0.6 is 0 Å². The molecule has 8 heteroatoms. The lowest BCUT2D eigenvalue weighted by Gasteiger charge is -2.22. The lowest BCUT2D eigenvalue weighted by Crippen LogP contribution is -2.49. The van der Waals surface area contributed by atoms with E-state index in [2.05, 4.69) is 0 Å². The zero-order valence-electron chi connectivity index (χ0n) is 5.59. The molecule has 0 aromatic carbocycles. The molecule has 0 bridgehead atoms. The van der Waals surface area contributed by atoms with Gasteiger partial charge in [0, 0.05) is 0 Å². The largest absolute Gasteiger partial charge is 0.504 e. The number of aliphatic hydroxyl groups excluding tert-OH is 1. The van der Waals surface area contributed by atoms with Crippen LogP contribution in [0.2, 0.25) is 0 Å². The van der Waals surface area contributed by atoms with Crippen molar-refractivity contribution < 1.29 is 35.8 Å². The highest BCUT2D eigenvalue weighted by atomic mass is 19.3. The second kappa shape index (κ2) is 2.10. The Labute approximate surface area is 66.5 Å².